The van der Waals surface area contributed by atoms with Crippen molar-refractivity contribution < 1.29 is 14.7 Å². The average molecular weight is 226 g/mol. The minimum atomic E-state index is -1.23. The molecule has 2 amide bonds. The van der Waals surface area contributed by atoms with Crippen LogP contribution in [0.4, 0.5) is 4.79 Å². The lowest BCUT2D eigenvalue weighted by Gasteiger charge is -2.25. The van der Waals surface area contributed by atoms with Crippen LogP contribution >= 0.6 is 0 Å². The highest BCUT2D eigenvalue weighted by molar-refractivity contribution is 5.85. The molecule has 16 heavy (non-hydrogen) atoms. The van der Waals surface area contributed by atoms with Crippen molar-refractivity contribution in [2.24, 2.45) is 0 Å². The molecule has 0 bridgehead atoms. The van der Waals surface area contributed by atoms with Gasteiger partial charge in [0.15, 0.2) is 0 Å². The minimum absolute atomic E-state index is 0.337. The van der Waals surface area contributed by atoms with Crippen molar-refractivity contribution >= 4 is 12.0 Å². The highest BCUT2D eigenvalue weighted by Crippen LogP contribution is 2.12. The first-order chi connectivity index (χ1) is 7.46. The van der Waals surface area contributed by atoms with E-state index in [4.69, 9.17) is 11.5 Å². The second-order valence-corrected chi connectivity index (χ2v) is 3.72. The van der Waals surface area contributed by atoms with Gasteiger partial charge in [-0.3, -0.25) is 0 Å². The molecule has 0 aliphatic carbocycles. The van der Waals surface area contributed by atoms with Gasteiger partial charge in [0.25, 0.3) is 0 Å². The van der Waals surface area contributed by atoms with Crippen LogP contribution in [0.1, 0.15) is 33.1 Å². The second-order valence-electron chi connectivity index (χ2n) is 3.72. The standard InChI is InChI=1S/C11H18N2O3/c1-4-6-8-12-10(16)13-11(3,7-5-2)9(14)15/h1H,5-8H2,2-3H3,(H,14,15)(H2,12,13,16). The van der Waals surface area contributed by atoms with Crippen molar-refractivity contribution in [3.8, 4) is 12.3 Å². The van der Waals surface area contributed by atoms with Gasteiger partial charge >= 0.3 is 12.0 Å². The van der Waals surface area contributed by atoms with Crippen molar-refractivity contribution in [3.05, 3.63) is 0 Å². The summed E-state index contributed by atoms with van der Waals surface area (Å²) in [5.74, 6) is 1.33. The Morgan fingerprint density at radius 2 is 2.12 bits per heavy atom. The lowest BCUT2D eigenvalue weighted by molar-refractivity contribution is -0.144. The summed E-state index contributed by atoms with van der Waals surface area (Å²) in [4.78, 5) is 22.4. The number of amides is 2. The van der Waals surface area contributed by atoms with E-state index in [1.54, 1.807) is 0 Å². The fourth-order valence-corrected chi connectivity index (χ4v) is 1.27. The van der Waals surface area contributed by atoms with Crippen LogP contribution in [-0.2, 0) is 4.79 Å². The molecule has 3 N–H and O–H groups in total. The lowest BCUT2D eigenvalue weighted by Crippen LogP contribution is -2.55. The molecular formula is C11H18N2O3. The number of hydrogen-bond acceptors (Lipinski definition) is 2. The summed E-state index contributed by atoms with van der Waals surface area (Å²) in [7, 11) is 0. The Balaban J connectivity index is 4.25. The van der Waals surface area contributed by atoms with Gasteiger partial charge in [-0.05, 0) is 13.3 Å². The van der Waals surface area contributed by atoms with E-state index >= 15 is 0 Å². The van der Waals surface area contributed by atoms with E-state index in [0.717, 1.165) is 0 Å². The number of carbonyl (C=O) groups excluding carboxylic acids is 1. The van der Waals surface area contributed by atoms with Crippen molar-refractivity contribution in [2.45, 2.75) is 38.6 Å². The van der Waals surface area contributed by atoms with E-state index in [-0.39, 0.29) is 0 Å². The van der Waals surface area contributed by atoms with E-state index in [9.17, 15) is 9.59 Å². The number of aliphatic carboxylic acids is 1. The first kappa shape index (κ1) is 14.3. The SMILES string of the molecule is C#CCCNC(=O)NC(C)(CCC)C(=O)O. The molecule has 0 aliphatic rings. The molecule has 0 heterocycles. The van der Waals surface area contributed by atoms with Gasteiger partial charge in [-0.25, -0.2) is 9.59 Å². The third kappa shape index (κ3) is 4.69. The summed E-state index contributed by atoms with van der Waals surface area (Å²) in [6, 6.07) is -0.506. The molecule has 5 heteroatoms. The van der Waals surface area contributed by atoms with E-state index < -0.39 is 17.5 Å². The number of carbonyl (C=O) groups is 2. The number of carboxylic acid groups (broad SMARTS) is 1. The monoisotopic (exact) mass is 226 g/mol. The topological polar surface area (TPSA) is 78.4 Å². The highest BCUT2D eigenvalue weighted by atomic mass is 16.4. The van der Waals surface area contributed by atoms with E-state index in [0.29, 0.717) is 25.8 Å². The van der Waals surface area contributed by atoms with Gasteiger partial charge in [-0.15, -0.1) is 12.3 Å². The molecule has 0 saturated heterocycles. The predicted octanol–water partition coefficient (Wildman–Crippen LogP) is 0.952. The summed E-state index contributed by atoms with van der Waals surface area (Å²) in [6.45, 7) is 3.68. The summed E-state index contributed by atoms with van der Waals surface area (Å²) in [5, 5.41) is 13.9. The number of hydrogen-bond donors (Lipinski definition) is 3. The summed E-state index contributed by atoms with van der Waals surface area (Å²) >= 11 is 0. The third-order valence-corrected chi connectivity index (χ3v) is 2.17. The lowest BCUT2D eigenvalue weighted by atomic mass is 9.97. The Kier molecular flexibility index (Phi) is 6.01. The molecule has 0 fully saturated rings. The Morgan fingerprint density at radius 1 is 1.50 bits per heavy atom. The third-order valence-electron chi connectivity index (χ3n) is 2.17. The normalized spacial score (nSPS) is 13.3. The maximum absolute atomic E-state index is 11.4. The van der Waals surface area contributed by atoms with E-state index in [2.05, 4.69) is 16.6 Å². The Morgan fingerprint density at radius 3 is 2.56 bits per heavy atom. The van der Waals surface area contributed by atoms with Gasteiger partial charge in [-0.1, -0.05) is 13.3 Å². The summed E-state index contributed by atoms with van der Waals surface area (Å²) < 4.78 is 0. The van der Waals surface area contributed by atoms with Gasteiger partial charge in [0, 0.05) is 13.0 Å². The molecule has 1 unspecified atom stereocenters. The average Bonchev–Trinajstić information content (AvgIpc) is 2.18. The molecule has 0 aromatic rings. The number of terminal acetylenes is 1. The fraction of sp³-hybridized carbons (Fsp3) is 0.636. The highest BCUT2D eigenvalue weighted by Gasteiger charge is 2.33. The van der Waals surface area contributed by atoms with Crippen LogP contribution in [-0.4, -0.2) is 29.2 Å². The molecule has 0 aliphatic heterocycles. The molecule has 0 spiro atoms. The minimum Gasteiger partial charge on any atom is -0.480 e. The molecule has 0 rings (SSSR count). The van der Waals surface area contributed by atoms with Crippen LogP contribution in [0, 0.1) is 12.3 Å². The Bertz CT molecular complexity index is 296. The van der Waals surface area contributed by atoms with E-state index in [1.165, 1.54) is 6.92 Å². The predicted molar refractivity (Wildman–Crippen MR) is 60.9 cm³/mol. The van der Waals surface area contributed by atoms with Gasteiger partial charge < -0.3 is 15.7 Å². The first-order valence-corrected chi connectivity index (χ1v) is 5.19. The van der Waals surface area contributed by atoms with Crippen LogP contribution < -0.4 is 10.6 Å². The van der Waals surface area contributed by atoms with E-state index in [1.807, 2.05) is 6.92 Å². The van der Waals surface area contributed by atoms with Crippen molar-refractivity contribution in [3.63, 3.8) is 0 Å². The zero-order valence-corrected chi connectivity index (χ0v) is 9.67. The van der Waals surface area contributed by atoms with Gasteiger partial charge in [-0.2, -0.15) is 0 Å². The Labute approximate surface area is 95.6 Å². The number of rotatable bonds is 6. The summed E-state index contributed by atoms with van der Waals surface area (Å²) in [5.41, 5.74) is -1.23. The number of nitrogens with one attached hydrogen (secondary N) is 2. The number of urea groups is 1. The van der Waals surface area contributed by atoms with Crippen molar-refractivity contribution in [2.75, 3.05) is 6.54 Å². The van der Waals surface area contributed by atoms with Crippen LogP contribution in [0.3, 0.4) is 0 Å². The maximum atomic E-state index is 11.4. The molecule has 1 atom stereocenters. The molecule has 5 nitrogen and oxygen atoms in total. The first-order valence-electron chi connectivity index (χ1n) is 5.19. The van der Waals surface area contributed by atoms with Gasteiger partial charge in [0.2, 0.25) is 0 Å². The molecule has 0 saturated carbocycles. The molecule has 0 radical (unpaired) electrons. The summed E-state index contributed by atoms with van der Waals surface area (Å²) in [6.07, 6.45) is 6.50. The molecule has 0 aromatic carbocycles. The second kappa shape index (κ2) is 6.72. The zero-order valence-electron chi connectivity index (χ0n) is 9.67. The molecule has 0 aromatic heterocycles. The van der Waals surface area contributed by atoms with Crippen LogP contribution in [0.15, 0.2) is 0 Å². The molecular weight excluding hydrogens is 208 g/mol. The van der Waals surface area contributed by atoms with Crippen LogP contribution in [0.2, 0.25) is 0 Å². The van der Waals surface area contributed by atoms with Crippen LogP contribution in [0.25, 0.3) is 0 Å². The smallest absolute Gasteiger partial charge is 0.329 e. The van der Waals surface area contributed by atoms with Crippen LogP contribution in [0.5, 0.6) is 0 Å². The van der Waals surface area contributed by atoms with Crippen molar-refractivity contribution in [1.82, 2.24) is 10.6 Å². The quantitative estimate of drug-likeness (QED) is 0.466. The number of carboxylic acids is 1. The largest absolute Gasteiger partial charge is 0.480 e. The van der Waals surface area contributed by atoms with Crippen molar-refractivity contribution in [1.29, 1.82) is 0 Å². The Hall–Kier alpha value is -1.70. The molecule has 90 valence electrons. The zero-order chi connectivity index (χ0) is 12.6. The maximum Gasteiger partial charge on any atom is 0.329 e. The van der Waals surface area contributed by atoms with Gasteiger partial charge in [0.1, 0.15) is 5.54 Å². The van der Waals surface area contributed by atoms with Gasteiger partial charge in [0.05, 0.1) is 0 Å². The fourth-order valence-electron chi connectivity index (χ4n) is 1.27.